The molecule has 11 aromatic rings. The zero-order valence-corrected chi connectivity index (χ0v) is 27.3. The van der Waals surface area contributed by atoms with E-state index in [1.165, 1.54) is 108 Å². The van der Waals surface area contributed by atoms with Gasteiger partial charge >= 0.3 is 0 Å². The van der Waals surface area contributed by atoms with Gasteiger partial charge in [-0.15, -0.1) is 0 Å². The first-order chi connectivity index (χ1) is 24.8. The maximum atomic E-state index is 2.48. The summed E-state index contributed by atoms with van der Waals surface area (Å²) in [5.74, 6) is 0. The van der Waals surface area contributed by atoms with Gasteiger partial charge in [-0.25, -0.2) is 0 Å². The minimum absolute atomic E-state index is 1.23. The van der Waals surface area contributed by atoms with Crippen LogP contribution in [0.5, 0.6) is 0 Å². The number of hydrogen-bond donors (Lipinski definition) is 0. The molecule has 230 valence electrons. The highest BCUT2D eigenvalue weighted by molar-refractivity contribution is 6.38. The van der Waals surface area contributed by atoms with Crippen molar-refractivity contribution in [2.45, 2.75) is 0 Å². The van der Waals surface area contributed by atoms with Gasteiger partial charge in [0.1, 0.15) is 0 Å². The Labute approximate surface area is 289 Å². The van der Waals surface area contributed by atoms with Crippen molar-refractivity contribution in [3.8, 4) is 22.3 Å². The van der Waals surface area contributed by atoms with Crippen LogP contribution in [0.4, 0.5) is 0 Å². The zero-order valence-electron chi connectivity index (χ0n) is 27.3. The monoisotopic (exact) mass is 630 g/mol. The predicted molar refractivity (Wildman–Crippen MR) is 217 cm³/mol. The molecule has 0 aromatic heterocycles. The van der Waals surface area contributed by atoms with Crippen molar-refractivity contribution in [2.24, 2.45) is 0 Å². The van der Waals surface area contributed by atoms with E-state index in [0.29, 0.717) is 0 Å². The standard InChI is InChI=1S/C50H30/c1-3-13-31(14-4-1)41-29-47-39-23-12-22-38-44-26-34-18-8-10-20-36(34)28-46(44)42(32-15-5-2-6-16-32)30-48(50(38)39)40-24-11-21-37(49(40)47)43-25-33-17-7-9-19-35(33)27-45(41)43/h1-30H. The van der Waals surface area contributed by atoms with E-state index in [-0.39, 0.29) is 0 Å². The van der Waals surface area contributed by atoms with Gasteiger partial charge in [-0.1, -0.05) is 146 Å². The van der Waals surface area contributed by atoms with Crippen LogP contribution in [0.2, 0.25) is 0 Å². The van der Waals surface area contributed by atoms with Crippen LogP contribution in [0.1, 0.15) is 0 Å². The topological polar surface area (TPSA) is 0 Å². The van der Waals surface area contributed by atoms with Crippen LogP contribution in [0.15, 0.2) is 182 Å². The summed E-state index contributed by atoms with van der Waals surface area (Å²) in [6.45, 7) is 0. The maximum absolute atomic E-state index is 2.48. The van der Waals surface area contributed by atoms with Crippen molar-refractivity contribution >= 4 is 86.2 Å². The molecule has 11 aromatic carbocycles. The summed E-state index contributed by atoms with van der Waals surface area (Å²) in [5, 5.41) is 20.5. The van der Waals surface area contributed by atoms with Crippen LogP contribution >= 0.6 is 0 Å². The summed E-state index contributed by atoms with van der Waals surface area (Å²) in [6, 6.07) is 67.9. The van der Waals surface area contributed by atoms with Crippen LogP contribution < -0.4 is 0 Å². The van der Waals surface area contributed by atoms with Crippen LogP contribution in [-0.4, -0.2) is 0 Å². The lowest BCUT2D eigenvalue weighted by atomic mass is 9.91. The third kappa shape index (κ3) is 3.94. The Hall–Kier alpha value is -6.50. The van der Waals surface area contributed by atoms with Gasteiger partial charge in [-0.05, 0) is 145 Å². The van der Waals surface area contributed by atoms with Crippen LogP contribution in [0.3, 0.4) is 0 Å². The number of benzene rings is 9. The Bertz CT molecular complexity index is 2950. The van der Waals surface area contributed by atoms with E-state index in [1.54, 1.807) is 0 Å². The SMILES string of the molecule is c1ccc(-c2cc3c4cccc5c6cc7ccccc7cc6c(-c6ccccc6)cc(c6cccc(c7cc8ccccc8cc27)c63)c54)cc1. The Morgan fingerprint density at radius 1 is 0.200 bits per heavy atom. The third-order valence-corrected chi connectivity index (χ3v) is 10.9. The molecule has 11 rings (SSSR count). The van der Waals surface area contributed by atoms with Crippen molar-refractivity contribution in [2.75, 3.05) is 0 Å². The molecule has 0 radical (unpaired) electrons. The molecule has 0 aliphatic heterocycles. The Balaban J connectivity index is 1.45. The molecule has 0 spiro atoms. The molecule has 0 nitrogen and oxygen atoms in total. The fourth-order valence-electron chi connectivity index (χ4n) is 8.68. The molecule has 0 N–H and O–H groups in total. The van der Waals surface area contributed by atoms with E-state index in [9.17, 15) is 0 Å². The van der Waals surface area contributed by atoms with Gasteiger partial charge in [-0.3, -0.25) is 0 Å². The van der Waals surface area contributed by atoms with Gasteiger partial charge in [-0.2, -0.15) is 0 Å². The van der Waals surface area contributed by atoms with Crippen LogP contribution in [-0.2, 0) is 0 Å². The lowest BCUT2D eigenvalue weighted by molar-refractivity contribution is 1.68. The molecule has 0 amide bonds. The average molecular weight is 631 g/mol. The Kier molecular flexibility index (Phi) is 5.76. The number of hydrogen-bond acceptors (Lipinski definition) is 0. The predicted octanol–water partition coefficient (Wildman–Crippen LogP) is 14.2. The Morgan fingerprint density at radius 2 is 0.520 bits per heavy atom. The third-order valence-electron chi connectivity index (χ3n) is 10.9. The quantitative estimate of drug-likeness (QED) is 0.167. The van der Waals surface area contributed by atoms with Gasteiger partial charge in [0.2, 0.25) is 0 Å². The van der Waals surface area contributed by atoms with E-state index in [1.807, 2.05) is 0 Å². The van der Waals surface area contributed by atoms with Crippen LogP contribution in [0, 0.1) is 0 Å². The molecular weight excluding hydrogens is 601 g/mol. The highest BCUT2D eigenvalue weighted by Crippen LogP contribution is 2.47. The van der Waals surface area contributed by atoms with E-state index in [0.717, 1.165) is 0 Å². The van der Waals surface area contributed by atoms with E-state index in [4.69, 9.17) is 0 Å². The normalized spacial score (nSPS) is 12.0. The summed E-state index contributed by atoms with van der Waals surface area (Å²) in [5.41, 5.74) is 4.96. The lowest BCUT2D eigenvalue weighted by Gasteiger charge is -2.12. The smallest absolute Gasteiger partial charge is 0.00199 e. The van der Waals surface area contributed by atoms with Gasteiger partial charge in [0.05, 0.1) is 0 Å². The van der Waals surface area contributed by atoms with Crippen molar-refractivity contribution in [3.05, 3.63) is 182 Å². The molecule has 0 fully saturated rings. The maximum Gasteiger partial charge on any atom is -0.00199 e. The van der Waals surface area contributed by atoms with Gasteiger partial charge in [0, 0.05) is 0 Å². The second-order valence-corrected chi connectivity index (χ2v) is 13.6. The molecule has 0 heteroatoms. The largest absolute Gasteiger partial charge is 0.0622 e. The molecule has 0 heterocycles. The highest BCUT2D eigenvalue weighted by atomic mass is 14.2. The molecule has 0 bridgehead atoms. The fourth-order valence-corrected chi connectivity index (χ4v) is 8.68. The summed E-state index contributed by atoms with van der Waals surface area (Å²) in [4.78, 5) is 0. The van der Waals surface area contributed by atoms with Crippen LogP contribution in [0.25, 0.3) is 108 Å². The molecule has 0 saturated heterocycles. The molecule has 0 aliphatic carbocycles. The van der Waals surface area contributed by atoms with Gasteiger partial charge in [0.25, 0.3) is 0 Å². The van der Waals surface area contributed by atoms with Gasteiger partial charge in [0.15, 0.2) is 0 Å². The first kappa shape index (κ1) is 27.5. The molecule has 0 saturated carbocycles. The second kappa shape index (κ2) is 10.5. The molecular formula is C50H30. The lowest BCUT2D eigenvalue weighted by Crippen LogP contribution is -1.83. The van der Waals surface area contributed by atoms with Crippen molar-refractivity contribution in [3.63, 3.8) is 0 Å². The van der Waals surface area contributed by atoms with E-state index in [2.05, 4.69) is 182 Å². The molecule has 0 unspecified atom stereocenters. The molecule has 50 heavy (non-hydrogen) atoms. The highest BCUT2D eigenvalue weighted by Gasteiger charge is 2.19. The van der Waals surface area contributed by atoms with Crippen molar-refractivity contribution in [1.82, 2.24) is 0 Å². The average Bonchev–Trinajstić information content (AvgIpc) is 3.41. The van der Waals surface area contributed by atoms with E-state index >= 15 is 0 Å². The first-order valence-corrected chi connectivity index (χ1v) is 17.4. The number of fused-ring (bicyclic) bond motifs is 8. The number of rotatable bonds is 2. The summed E-state index contributed by atoms with van der Waals surface area (Å²) < 4.78 is 0. The van der Waals surface area contributed by atoms with Crippen molar-refractivity contribution in [1.29, 1.82) is 0 Å². The summed E-state index contributed by atoms with van der Waals surface area (Å²) >= 11 is 0. The van der Waals surface area contributed by atoms with Crippen molar-refractivity contribution < 1.29 is 0 Å². The summed E-state index contributed by atoms with van der Waals surface area (Å²) in [7, 11) is 0. The Morgan fingerprint density at radius 3 is 0.900 bits per heavy atom. The summed E-state index contributed by atoms with van der Waals surface area (Å²) in [6.07, 6.45) is 0. The minimum atomic E-state index is 1.23. The molecule has 0 atom stereocenters. The zero-order chi connectivity index (χ0) is 32.8. The van der Waals surface area contributed by atoms with Gasteiger partial charge < -0.3 is 0 Å². The fraction of sp³-hybridized carbons (Fsp3) is 0. The second-order valence-electron chi connectivity index (χ2n) is 13.6. The first-order valence-electron chi connectivity index (χ1n) is 17.4. The van der Waals surface area contributed by atoms with E-state index < -0.39 is 0 Å². The molecule has 0 aliphatic rings. The minimum Gasteiger partial charge on any atom is -0.0622 e.